The van der Waals surface area contributed by atoms with E-state index < -0.39 is 7.82 Å². The van der Waals surface area contributed by atoms with E-state index in [-0.39, 0.29) is 13.2 Å². The highest BCUT2D eigenvalue weighted by atomic mass is 31.2. The Morgan fingerprint density at radius 3 is 1.76 bits per heavy atom. The number of hydrogen-bond acceptors (Lipinski definition) is 5. The van der Waals surface area contributed by atoms with Crippen LogP contribution in [0.5, 0.6) is 0 Å². The monoisotopic (exact) mass is 538 g/mol. The summed E-state index contributed by atoms with van der Waals surface area (Å²) in [6.45, 7) is 4.39. The minimum absolute atomic E-state index is 0.226. The summed E-state index contributed by atoms with van der Waals surface area (Å²) >= 11 is 0. The Morgan fingerprint density at radius 1 is 0.816 bits per heavy atom. The Hall–Kier alpha value is -2.76. The Labute approximate surface area is 229 Å². The van der Waals surface area contributed by atoms with Gasteiger partial charge in [-0.25, -0.2) is 4.58 Å². The molecule has 0 aromatic heterocycles. The third-order valence-electron chi connectivity index (χ3n) is 5.90. The molecule has 0 radical (unpaired) electrons. The first-order valence-corrected chi connectivity index (χ1v) is 14.7. The Kier molecular flexibility index (Phi) is 13.5. The summed E-state index contributed by atoms with van der Waals surface area (Å²) in [5.41, 5.74) is 7.37. The molecule has 0 saturated heterocycles. The van der Waals surface area contributed by atoms with Crippen LogP contribution in [0.15, 0.2) is 84.5 Å². The van der Waals surface area contributed by atoms with Crippen LogP contribution >= 0.6 is 7.82 Å². The molecule has 206 valence electrons. The molecule has 0 spiro atoms. The third-order valence-corrected chi connectivity index (χ3v) is 6.90. The molecule has 0 atom stereocenters. The van der Waals surface area contributed by atoms with Gasteiger partial charge in [-0.1, -0.05) is 69.2 Å². The lowest BCUT2D eigenvalue weighted by molar-refractivity contribution is -0.462. The lowest BCUT2D eigenvalue weighted by atomic mass is 9.90. The van der Waals surface area contributed by atoms with Crippen molar-refractivity contribution in [2.45, 2.75) is 39.5 Å². The quantitative estimate of drug-likeness (QED) is 0.186. The maximum Gasteiger partial charge on any atom is 0.267 e. The second-order valence-corrected chi connectivity index (χ2v) is 10.9. The zero-order chi connectivity index (χ0) is 28.0. The predicted octanol–water partition coefficient (Wildman–Crippen LogP) is 6.48. The van der Waals surface area contributed by atoms with Gasteiger partial charge in [0.2, 0.25) is 0 Å². The molecule has 0 saturated carbocycles. The molecular formula is C31H43N2O4P. The molecule has 38 heavy (non-hydrogen) atoms. The van der Waals surface area contributed by atoms with Crippen molar-refractivity contribution in [3.8, 4) is 0 Å². The van der Waals surface area contributed by atoms with Gasteiger partial charge in [0.25, 0.3) is 7.82 Å². The molecule has 1 aliphatic rings. The lowest BCUT2D eigenvalue weighted by Gasteiger charge is -2.22. The van der Waals surface area contributed by atoms with Crippen LogP contribution in [0.3, 0.4) is 0 Å². The summed E-state index contributed by atoms with van der Waals surface area (Å²) < 4.78 is 22.3. The molecule has 2 aromatic carbocycles. The number of allylic oxidation sites excluding steroid dienone is 5. The van der Waals surface area contributed by atoms with Crippen molar-refractivity contribution in [3.05, 3.63) is 95.6 Å². The fourth-order valence-corrected chi connectivity index (χ4v) is 4.42. The largest absolute Gasteiger partial charge is 0.756 e. The first-order chi connectivity index (χ1) is 18.2. The third kappa shape index (κ3) is 10.5. The van der Waals surface area contributed by atoms with Crippen molar-refractivity contribution in [3.63, 3.8) is 0 Å². The molecular weight excluding hydrogens is 495 g/mol. The van der Waals surface area contributed by atoms with Gasteiger partial charge in [-0.3, -0.25) is 4.57 Å². The molecule has 0 amide bonds. The van der Waals surface area contributed by atoms with E-state index in [2.05, 4.69) is 126 Å². The predicted molar refractivity (Wildman–Crippen MR) is 158 cm³/mol. The molecule has 0 aliphatic heterocycles. The minimum atomic E-state index is -4.00. The van der Waals surface area contributed by atoms with E-state index in [0.29, 0.717) is 0 Å². The normalized spacial score (nSPS) is 12.7. The van der Waals surface area contributed by atoms with E-state index in [1.807, 2.05) is 13.8 Å². The zero-order valence-corrected chi connectivity index (χ0v) is 24.6. The minimum Gasteiger partial charge on any atom is -0.756 e. The van der Waals surface area contributed by atoms with Crippen molar-refractivity contribution in [1.29, 1.82) is 0 Å². The first kappa shape index (κ1) is 31.5. The summed E-state index contributed by atoms with van der Waals surface area (Å²) in [5, 5.41) is 0. The van der Waals surface area contributed by atoms with Gasteiger partial charge < -0.3 is 18.8 Å². The standard InChI is InChI=1S/C23H25N2.C8H19O4P/c1-24(2)21-14-10-19(11-15-21)23(18-8-6-5-7-9-18)20-12-16-22(17-13-20)25(3)4;1-3-5-7-11-13(9,10)12-8-6-4-2/h5-17H,1-4H3;3-8H2,1-2H3,(H,9,10)/q+1;/p-1. The molecule has 0 N–H and O–H groups in total. The van der Waals surface area contributed by atoms with Crippen molar-refractivity contribution in [2.75, 3.05) is 46.3 Å². The lowest BCUT2D eigenvalue weighted by Crippen LogP contribution is -2.10. The van der Waals surface area contributed by atoms with Crippen LogP contribution in [0.1, 0.15) is 50.7 Å². The highest BCUT2D eigenvalue weighted by Crippen LogP contribution is 2.38. The fourth-order valence-electron chi connectivity index (χ4n) is 3.64. The van der Waals surface area contributed by atoms with Crippen molar-refractivity contribution in [1.82, 2.24) is 0 Å². The van der Waals surface area contributed by atoms with Crippen LogP contribution in [0.25, 0.3) is 5.57 Å². The average molecular weight is 539 g/mol. The Bertz CT molecular complexity index is 1130. The van der Waals surface area contributed by atoms with Crippen molar-refractivity contribution in [2.24, 2.45) is 0 Å². The maximum atomic E-state index is 11.0. The van der Waals surface area contributed by atoms with Gasteiger partial charge >= 0.3 is 0 Å². The number of phosphoric acid groups is 1. The smallest absolute Gasteiger partial charge is 0.267 e. The number of benzene rings is 2. The highest BCUT2D eigenvalue weighted by Gasteiger charge is 2.13. The summed E-state index contributed by atoms with van der Waals surface area (Å²) in [5.74, 6) is 0. The van der Waals surface area contributed by atoms with E-state index in [1.165, 1.54) is 33.7 Å². The van der Waals surface area contributed by atoms with E-state index in [4.69, 9.17) is 0 Å². The van der Waals surface area contributed by atoms with Gasteiger partial charge in [0, 0.05) is 31.9 Å². The van der Waals surface area contributed by atoms with E-state index >= 15 is 0 Å². The van der Waals surface area contributed by atoms with Crippen LogP contribution in [-0.2, 0) is 13.6 Å². The number of hydrogen-bond donors (Lipinski definition) is 0. The molecule has 0 fully saturated rings. The zero-order valence-electron chi connectivity index (χ0n) is 23.7. The van der Waals surface area contributed by atoms with E-state index in [0.717, 1.165) is 25.7 Å². The number of rotatable bonds is 11. The SMILES string of the molecule is CCCCOP(=O)([O-])OCCCC.CN(C)c1ccc(C(=C2C=CC(=[N+](C)C)C=C2)c2ccccc2)cc1. The second kappa shape index (κ2) is 16.3. The molecule has 0 heterocycles. The summed E-state index contributed by atoms with van der Waals surface area (Å²) in [7, 11) is 4.26. The summed E-state index contributed by atoms with van der Waals surface area (Å²) in [6, 6.07) is 19.4. The second-order valence-electron chi connectivity index (χ2n) is 9.44. The van der Waals surface area contributed by atoms with Gasteiger partial charge in [-0.2, -0.15) is 0 Å². The molecule has 3 rings (SSSR count). The van der Waals surface area contributed by atoms with Crippen LogP contribution in [-0.4, -0.2) is 51.7 Å². The van der Waals surface area contributed by atoms with Gasteiger partial charge in [0.05, 0.1) is 13.2 Å². The van der Waals surface area contributed by atoms with Crippen molar-refractivity contribution < 1.29 is 23.1 Å². The molecule has 7 heteroatoms. The highest BCUT2D eigenvalue weighted by molar-refractivity contribution is 7.45. The van der Waals surface area contributed by atoms with Gasteiger partial charge in [0.15, 0.2) is 5.71 Å². The maximum absolute atomic E-state index is 11.0. The van der Waals surface area contributed by atoms with Gasteiger partial charge in [-0.05, 0) is 59.4 Å². The average Bonchev–Trinajstić information content (AvgIpc) is 2.91. The van der Waals surface area contributed by atoms with Crippen LogP contribution in [0.4, 0.5) is 5.69 Å². The fraction of sp³-hybridized carbons (Fsp3) is 0.387. The number of unbranched alkanes of at least 4 members (excludes halogenated alkanes) is 2. The van der Waals surface area contributed by atoms with Gasteiger partial charge in [0.1, 0.15) is 14.1 Å². The molecule has 0 bridgehead atoms. The van der Waals surface area contributed by atoms with Crippen LogP contribution in [0, 0.1) is 0 Å². The Morgan fingerprint density at radius 2 is 1.32 bits per heavy atom. The number of phosphoric ester groups is 1. The molecule has 2 aromatic rings. The van der Waals surface area contributed by atoms with Crippen LogP contribution < -0.4 is 9.79 Å². The summed E-state index contributed by atoms with van der Waals surface area (Å²) in [6.07, 6.45) is 12.1. The topological polar surface area (TPSA) is 64.8 Å². The molecule has 1 aliphatic carbocycles. The van der Waals surface area contributed by atoms with E-state index in [9.17, 15) is 9.46 Å². The number of anilines is 1. The van der Waals surface area contributed by atoms with Crippen molar-refractivity contribution >= 4 is 24.8 Å². The first-order valence-electron chi connectivity index (χ1n) is 13.3. The summed E-state index contributed by atoms with van der Waals surface area (Å²) in [4.78, 5) is 13.1. The van der Waals surface area contributed by atoms with Crippen LogP contribution in [0.2, 0.25) is 0 Å². The Balaban J connectivity index is 0.000000332. The van der Waals surface area contributed by atoms with Gasteiger partial charge in [-0.15, -0.1) is 0 Å². The van der Waals surface area contributed by atoms with E-state index in [1.54, 1.807) is 0 Å². The molecule has 0 unspecified atom stereocenters. The number of nitrogens with zero attached hydrogens (tertiary/aromatic N) is 2. The molecule has 6 nitrogen and oxygen atoms in total.